The summed E-state index contributed by atoms with van der Waals surface area (Å²) in [5.74, 6) is -0.199. The molecule has 0 radical (unpaired) electrons. The average Bonchev–Trinajstić information content (AvgIpc) is 3.73. The van der Waals surface area contributed by atoms with Gasteiger partial charge >= 0.3 is 0 Å². The number of nitrogens with one attached hydrogen (secondary N) is 3. The number of hydrogen-bond acceptors (Lipinski definition) is 4. The first-order chi connectivity index (χ1) is 25.3. The highest BCUT2D eigenvalue weighted by molar-refractivity contribution is 7.99. The molecule has 52 heavy (non-hydrogen) atoms. The number of benzene rings is 4. The average molecular weight is 749 g/mol. The Morgan fingerprint density at radius 1 is 0.827 bits per heavy atom. The number of hydrogen-bond donors (Lipinski definition) is 3. The molecule has 268 valence electrons. The van der Waals surface area contributed by atoms with E-state index in [1.54, 1.807) is 23.5 Å². The van der Waals surface area contributed by atoms with E-state index in [9.17, 15) is 4.39 Å². The van der Waals surface area contributed by atoms with Crippen LogP contribution >= 0.6 is 35.1 Å². The van der Waals surface area contributed by atoms with E-state index in [1.807, 2.05) is 30.3 Å². The second-order valence-electron chi connectivity index (χ2n) is 13.7. The molecule has 4 heterocycles. The van der Waals surface area contributed by atoms with Gasteiger partial charge in [0.2, 0.25) is 0 Å². The minimum atomic E-state index is -0.199. The van der Waals surface area contributed by atoms with Crippen molar-refractivity contribution in [2.24, 2.45) is 0 Å². The Balaban J connectivity index is 0.000000166. The van der Waals surface area contributed by atoms with Crippen molar-refractivity contribution in [3.05, 3.63) is 131 Å². The summed E-state index contributed by atoms with van der Waals surface area (Å²) in [6.07, 6.45) is 11.5. The maximum atomic E-state index is 13.0. The second-order valence-corrected chi connectivity index (χ2v) is 16.4. The Bertz CT molecular complexity index is 2220. The molecule has 0 amide bonds. The van der Waals surface area contributed by atoms with Crippen molar-refractivity contribution in [3.63, 3.8) is 0 Å². The number of aromatic nitrogens is 2. The van der Waals surface area contributed by atoms with Gasteiger partial charge in [-0.05, 0) is 130 Å². The molecule has 6 aromatic rings. The molecule has 0 spiro atoms. The van der Waals surface area contributed by atoms with Crippen LogP contribution in [0.4, 0.5) is 4.39 Å². The fourth-order valence-corrected chi connectivity index (χ4v) is 9.33. The lowest BCUT2D eigenvalue weighted by Crippen LogP contribution is -2.36. The summed E-state index contributed by atoms with van der Waals surface area (Å²) >= 11 is 9.58. The van der Waals surface area contributed by atoms with Gasteiger partial charge in [0, 0.05) is 95.1 Å². The van der Waals surface area contributed by atoms with Crippen LogP contribution in [0.3, 0.4) is 0 Å². The number of nitrogens with zero attached hydrogens (tertiary/aromatic N) is 1. The van der Waals surface area contributed by atoms with Crippen molar-refractivity contribution in [2.45, 2.75) is 72.1 Å². The summed E-state index contributed by atoms with van der Waals surface area (Å²) < 4.78 is 13.0. The van der Waals surface area contributed by atoms with Crippen molar-refractivity contribution in [1.29, 1.82) is 0 Å². The number of halogens is 2. The zero-order chi connectivity index (χ0) is 36.0. The van der Waals surface area contributed by atoms with Crippen LogP contribution in [0.5, 0.6) is 0 Å². The van der Waals surface area contributed by atoms with Gasteiger partial charge in [-0.2, -0.15) is 0 Å². The lowest BCUT2D eigenvalue weighted by atomic mass is 9.96. The first-order valence-electron chi connectivity index (χ1n) is 18.3. The molecule has 4 nitrogen and oxygen atoms in total. The Hall–Kier alpha value is -3.72. The van der Waals surface area contributed by atoms with Crippen LogP contribution in [0.1, 0.15) is 56.4 Å². The molecular weight excluding hydrogens is 703 g/mol. The van der Waals surface area contributed by atoms with Crippen LogP contribution < -0.4 is 5.32 Å². The Morgan fingerprint density at radius 3 is 2.27 bits per heavy atom. The molecule has 2 aliphatic heterocycles. The summed E-state index contributed by atoms with van der Waals surface area (Å²) in [6, 6.07) is 28.5. The fourth-order valence-electron chi connectivity index (χ4n) is 7.30. The first kappa shape index (κ1) is 36.6. The van der Waals surface area contributed by atoms with Gasteiger partial charge in [0.1, 0.15) is 5.82 Å². The van der Waals surface area contributed by atoms with Crippen LogP contribution in [-0.4, -0.2) is 47.1 Å². The van der Waals surface area contributed by atoms with Gasteiger partial charge in [0.15, 0.2) is 0 Å². The predicted molar refractivity (Wildman–Crippen MR) is 221 cm³/mol. The number of fused-ring (bicyclic) bond motifs is 2. The smallest absolute Gasteiger partial charge is 0.123 e. The molecular formula is C44H46ClFN4S2. The van der Waals surface area contributed by atoms with Crippen molar-refractivity contribution < 1.29 is 4.39 Å². The van der Waals surface area contributed by atoms with Gasteiger partial charge in [-0.25, -0.2) is 4.39 Å². The molecule has 1 unspecified atom stereocenters. The van der Waals surface area contributed by atoms with Crippen molar-refractivity contribution >= 4 is 68.1 Å². The minimum Gasteiger partial charge on any atom is -0.361 e. The zero-order valence-corrected chi connectivity index (χ0v) is 32.5. The normalized spacial score (nSPS) is 15.6. The van der Waals surface area contributed by atoms with Gasteiger partial charge in [0.25, 0.3) is 0 Å². The molecule has 4 aromatic carbocycles. The van der Waals surface area contributed by atoms with Crippen molar-refractivity contribution in [3.8, 4) is 0 Å². The fraction of sp³-hybridized carbons (Fsp3) is 0.273. The van der Waals surface area contributed by atoms with E-state index in [1.165, 1.54) is 83.9 Å². The van der Waals surface area contributed by atoms with E-state index in [4.69, 9.17) is 11.6 Å². The lowest BCUT2D eigenvalue weighted by molar-refractivity contribution is 0.219. The third-order valence-electron chi connectivity index (χ3n) is 9.99. The van der Waals surface area contributed by atoms with Gasteiger partial charge in [-0.3, -0.25) is 4.90 Å². The van der Waals surface area contributed by atoms with Gasteiger partial charge in [-0.15, -0.1) is 0 Å². The molecule has 1 atom stereocenters. The maximum absolute atomic E-state index is 13.0. The summed E-state index contributed by atoms with van der Waals surface area (Å²) in [5, 5.41) is 6.72. The molecule has 0 fully saturated rings. The van der Waals surface area contributed by atoms with E-state index < -0.39 is 0 Å². The molecule has 8 heteroatoms. The van der Waals surface area contributed by atoms with E-state index in [0.29, 0.717) is 6.04 Å². The molecule has 0 saturated heterocycles. The summed E-state index contributed by atoms with van der Waals surface area (Å²) in [6.45, 7) is 11.0. The lowest BCUT2D eigenvalue weighted by Gasteiger charge is -2.32. The third-order valence-corrected chi connectivity index (χ3v) is 12.2. The topological polar surface area (TPSA) is 46.9 Å². The first-order valence-corrected chi connectivity index (χ1v) is 20.3. The highest BCUT2D eigenvalue weighted by Gasteiger charge is 2.21. The van der Waals surface area contributed by atoms with Crippen LogP contribution in [0, 0.1) is 12.7 Å². The van der Waals surface area contributed by atoms with E-state index >= 15 is 0 Å². The van der Waals surface area contributed by atoms with Crippen LogP contribution in [-0.2, 0) is 0 Å². The number of rotatable bonds is 9. The summed E-state index contributed by atoms with van der Waals surface area (Å²) in [7, 11) is 0. The van der Waals surface area contributed by atoms with Crippen LogP contribution in [0.25, 0.3) is 33.0 Å². The van der Waals surface area contributed by atoms with E-state index in [-0.39, 0.29) is 5.82 Å². The Kier molecular flexibility index (Phi) is 11.9. The monoisotopic (exact) mass is 748 g/mol. The highest BCUT2D eigenvalue weighted by Crippen LogP contribution is 2.38. The predicted octanol–water partition coefficient (Wildman–Crippen LogP) is 12.4. The SMILES string of the molecule is CCCC(C)N1CC=C(c2c(C)[nH]c3ccc(Sc4cccc(Cl)c4)cc23)CC1.Fc1ccc(Sc2ccc3[nH]cc(C4=CCNCC4)c3c2)cc1. The molecule has 8 rings (SSSR count). The number of aromatic amines is 2. The second kappa shape index (κ2) is 17.0. The quantitative estimate of drug-likeness (QED) is 0.138. The molecule has 2 aliphatic rings. The standard InChI is InChI=1S/C25H29ClN2S.C19H17FN2S/c1-4-6-17(2)28-13-11-19(12-14-28)25-18(3)27-24-10-9-22(16-23(24)25)29-21-8-5-7-20(26)15-21;20-14-1-3-15(4-2-14)23-16-5-6-19-17(11-16)18(12-22-19)13-7-9-21-10-8-13/h5,7-11,15-17,27H,4,6,12-14H2,1-3H3;1-7,11-12,21-22H,8-10H2. The molecule has 0 saturated carbocycles. The number of aryl methyl sites for hydroxylation is 1. The summed E-state index contributed by atoms with van der Waals surface area (Å²) in [4.78, 5) is 14.2. The van der Waals surface area contributed by atoms with Gasteiger partial charge in [-0.1, -0.05) is 66.7 Å². The van der Waals surface area contributed by atoms with Crippen LogP contribution in [0.2, 0.25) is 5.02 Å². The largest absolute Gasteiger partial charge is 0.361 e. The highest BCUT2D eigenvalue weighted by atomic mass is 35.5. The van der Waals surface area contributed by atoms with Gasteiger partial charge < -0.3 is 15.3 Å². The van der Waals surface area contributed by atoms with Crippen molar-refractivity contribution in [2.75, 3.05) is 26.2 Å². The molecule has 2 aromatic heterocycles. The minimum absolute atomic E-state index is 0.199. The maximum Gasteiger partial charge on any atom is 0.123 e. The Morgan fingerprint density at radius 2 is 1.56 bits per heavy atom. The van der Waals surface area contributed by atoms with Crippen molar-refractivity contribution in [1.82, 2.24) is 20.2 Å². The van der Waals surface area contributed by atoms with E-state index in [0.717, 1.165) is 54.5 Å². The number of H-pyrrole nitrogens is 2. The molecule has 0 aliphatic carbocycles. The molecule has 0 bridgehead atoms. The summed E-state index contributed by atoms with van der Waals surface area (Å²) in [5.41, 5.74) is 9.22. The van der Waals surface area contributed by atoms with Crippen LogP contribution in [0.15, 0.2) is 123 Å². The van der Waals surface area contributed by atoms with Gasteiger partial charge in [0.05, 0.1) is 0 Å². The third kappa shape index (κ3) is 8.73. The zero-order valence-electron chi connectivity index (χ0n) is 30.1. The Labute approximate surface area is 320 Å². The molecule has 3 N–H and O–H groups in total. The van der Waals surface area contributed by atoms with E-state index in [2.05, 4.69) is 102 Å².